The SMILES string of the molecule is [CH2-]O.[CH2-]OCC(COCCOC1CCCCO1)OCCOC1CCCCO1.[Rf]. The molecule has 1 N–H and O–H groups in total. The van der Waals surface area contributed by atoms with E-state index in [1.807, 2.05) is 0 Å². The van der Waals surface area contributed by atoms with Crippen molar-refractivity contribution in [1.29, 1.82) is 0 Å². The first-order valence-corrected chi connectivity index (χ1v) is 9.73. The molecule has 9 heteroatoms. The fraction of sp³-hybridized carbons (Fsp3) is 0.895. The van der Waals surface area contributed by atoms with Gasteiger partial charge < -0.3 is 38.3 Å². The summed E-state index contributed by atoms with van der Waals surface area (Å²) in [5.41, 5.74) is 0. The van der Waals surface area contributed by atoms with Gasteiger partial charge in [-0.2, -0.15) is 0 Å². The molecular weight excluding hydrogens is 623 g/mol. The van der Waals surface area contributed by atoms with Crippen LogP contribution in [0.25, 0.3) is 0 Å². The van der Waals surface area contributed by atoms with Crippen molar-refractivity contribution in [2.24, 2.45) is 0 Å². The number of ether oxygens (including phenoxy) is 7. The van der Waals surface area contributed by atoms with E-state index in [4.69, 9.17) is 38.3 Å². The van der Waals surface area contributed by atoms with Gasteiger partial charge in [-0.05, 0) is 38.5 Å². The Bertz CT molecular complexity index is 312. The molecule has 0 spiro atoms. The van der Waals surface area contributed by atoms with Gasteiger partial charge in [0.1, 0.15) is 6.10 Å². The number of aliphatic hydroxyl groups excluding tert-OH is 1. The maximum atomic E-state index is 6.75. The van der Waals surface area contributed by atoms with Gasteiger partial charge in [0.25, 0.3) is 0 Å². The van der Waals surface area contributed by atoms with Crippen molar-refractivity contribution in [3.05, 3.63) is 14.2 Å². The number of aliphatic hydroxyl groups is 1. The van der Waals surface area contributed by atoms with Crippen molar-refractivity contribution < 1.29 is 38.3 Å². The van der Waals surface area contributed by atoms with Crippen molar-refractivity contribution in [2.45, 2.75) is 57.2 Å². The molecule has 8 nitrogen and oxygen atoms in total. The van der Waals surface area contributed by atoms with Crippen LogP contribution < -0.4 is 0 Å². The summed E-state index contributed by atoms with van der Waals surface area (Å²) in [6, 6.07) is 0. The van der Waals surface area contributed by atoms with E-state index < -0.39 is 0 Å². The van der Waals surface area contributed by atoms with Crippen LogP contribution in [-0.4, -0.2) is 76.6 Å². The molecule has 2 heterocycles. The molecule has 0 aromatic carbocycles. The molecule has 3 atom stereocenters. The van der Waals surface area contributed by atoms with Gasteiger partial charge in [0, 0.05) is 19.8 Å². The summed E-state index contributed by atoms with van der Waals surface area (Å²) in [5.74, 6) is 0. The van der Waals surface area contributed by atoms with Gasteiger partial charge in [-0.15, -0.1) is 0 Å². The van der Waals surface area contributed by atoms with Crippen molar-refractivity contribution in [2.75, 3.05) is 52.9 Å². The molecule has 28 heavy (non-hydrogen) atoms. The van der Waals surface area contributed by atoms with Crippen LogP contribution in [0.5, 0.6) is 0 Å². The Labute approximate surface area is 163 Å². The Morgan fingerprint density at radius 1 is 0.821 bits per heavy atom. The predicted octanol–water partition coefficient (Wildman–Crippen LogP) is 2.43. The standard InChI is InChI=1S/C18H33O7.CH3O.Rf/c1-19-14-16(21-12-13-25-18-7-3-5-9-23-18)15-20-10-11-24-17-6-2-4-8-22-17;1-2;/h16-18H,1-15H2;2H,1H2;/q2*-1;. The van der Waals surface area contributed by atoms with Gasteiger partial charge >= 0.3 is 0 Å². The van der Waals surface area contributed by atoms with Crippen LogP contribution in [0.4, 0.5) is 0 Å². The third-order valence-electron chi connectivity index (χ3n) is 4.16. The second-order valence-electron chi connectivity index (χ2n) is 6.27. The van der Waals surface area contributed by atoms with E-state index in [0.29, 0.717) is 39.6 Å². The predicted molar refractivity (Wildman–Crippen MR) is 98.2 cm³/mol. The quantitative estimate of drug-likeness (QED) is 0.239. The molecule has 2 aliphatic heterocycles. The Morgan fingerprint density at radius 2 is 1.39 bits per heavy atom. The smallest absolute Gasteiger partial charge is 0.157 e. The van der Waals surface area contributed by atoms with Gasteiger partial charge in [0.05, 0.1) is 33.0 Å². The van der Waals surface area contributed by atoms with Crippen LogP contribution in [0, 0.1) is 14.2 Å². The summed E-state index contributed by atoms with van der Waals surface area (Å²) in [4.78, 5) is 0. The molecule has 0 aromatic rings. The molecule has 164 valence electrons. The van der Waals surface area contributed by atoms with Crippen LogP contribution in [0.2, 0.25) is 0 Å². The van der Waals surface area contributed by atoms with Crippen molar-refractivity contribution in [3.63, 3.8) is 0 Å². The molecule has 2 aliphatic rings. The monoisotopic (exact) mass is 659 g/mol. The van der Waals surface area contributed by atoms with Crippen LogP contribution in [0.15, 0.2) is 0 Å². The van der Waals surface area contributed by atoms with Crippen molar-refractivity contribution in [1.82, 2.24) is 0 Å². The molecule has 2 saturated heterocycles. The summed E-state index contributed by atoms with van der Waals surface area (Å²) in [6.45, 7) is 4.39. The molecule has 0 amide bonds. The van der Waals surface area contributed by atoms with E-state index in [9.17, 15) is 0 Å². The zero-order valence-corrected chi connectivity index (χ0v) is 23.5. The van der Waals surface area contributed by atoms with Crippen molar-refractivity contribution >= 4 is 0 Å². The minimum atomic E-state index is -0.167. The summed E-state index contributed by atoms with van der Waals surface area (Å²) < 4.78 is 38.6. The van der Waals surface area contributed by atoms with Crippen LogP contribution in [0.3, 0.4) is 0 Å². The minimum Gasteiger partial charge on any atom is -0.569 e. The molecule has 2 rings (SSSR count). The Balaban J connectivity index is 0.00000235. The minimum absolute atomic E-state index is 0. The molecule has 0 aliphatic carbocycles. The normalized spacial score (nSPS) is 23.2. The number of hydrogen-bond acceptors (Lipinski definition) is 8. The Hall–Kier alpha value is -1.32. The van der Waals surface area contributed by atoms with Crippen LogP contribution in [-0.2, 0) is 33.2 Å². The molecule has 0 saturated carbocycles. The summed E-state index contributed by atoms with van der Waals surface area (Å²) in [5, 5.41) is 6.75. The van der Waals surface area contributed by atoms with Crippen LogP contribution in [0.1, 0.15) is 38.5 Å². The van der Waals surface area contributed by atoms with E-state index in [0.717, 1.165) is 51.7 Å². The zero-order chi connectivity index (χ0) is 19.6. The second kappa shape index (κ2) is 19.0. The maximum Gasteiger partial charge on any atom is 0.157 e. The fourth-order valence-corrected chi connectivity index (χ4v) is 2.81. The maximum absolute atomic E-state index is 6.75. The van der Waals surface area contributed by atoms with Crippen LogP contribution >= 0.6 is 0 Å². The first-order chi connectivity index (χ1) is 13.4. The summed E-state index contributed by atoms with van der Waals surface area (Å²) in [7, 11) is 5.65. The topological polar surface area (TPSA) is 84.8 Å². The first-order valence-electron chi connectivity index (χ1n) is 9.73. The van der Waals surface area contributed by atoms with Gasteiger partial charge in [-0.3, -0.25) is 0 Å². The summed E-state index contributed by atoms with van der Waals surface area (Å²) >= 11 is 0. The van der Waals surface area contributed by atoms with E-state index >= 15 is 0 Å². The third kappa shape index (κ3) is 13.0. The Kier molecular flexibility index (Phi) is 18.1. The average molecular weight is 659 g/mol. The molecule has 0 radical (unpaired) electrons. The van der Waals surface area contributed by atoms with Gasteiger partial charge in [-0.1, -0.05) is 0 Å². The molecular formula is C19H36O8Rf-2. The number of hydrogen-bond donors (Lipinski definition) is 1. The fourth-order valence-electron chi connectivity index (χ4n) is 2.81. The van der Waals surface area contributed by atoms with Crippen molar-refractivity contribution in [3.8, 4) is 0 Å². The zero-order valence-electron chi connectivity index (χ0n) is 17.1. The molecule has 0 bridgehead atoms. The second-order valence-corrected chi connectivity index (χ2v) is 6.27. The van der Waals surface area contributed by atoms with E-state index in [1.54, 1.807) is 0 Å². The first kappa shape index (κ1) is 26.7. The number of rotatable bonds is 13. The Morgan fingerprint density at radius 3 is 1.89 bits per heavy atom. The van der Waals surface area contributed by atoms with E-state index in [2.05, 4.69) is 14.2 Å². The largest absolute Gasteiger partial charge is 0.569 e. The van der Waals surface area contributed by atoms with E-state index in [-0.39, 0.29) is 18.7 Å². The molecule has 0 aromatic heterocycles. The molecule has 2 fully saturated rings. The van der Waals surface area contributed by atoms with Gasteiger partial charge in [0.15, 0.2) is 12.6 Å². The molecule has 3 unspecified atom stereocenters. The average Bonchev–Trinajstić information content (AvgIpc) is 2.74. The van der Waals surface area contributed by atoms with Gasteiger partial charge in [0.2, 0.25) is 0 Å². The summed E-state index contributed by atoms with van der Waals surface area (Å²) in [6.07, 6.45) is 6.15. The van der Waals surface area contributed by atoms with E-state index in [1.165, 1.54) is 0 Å². The third-order valence-corrected chi connectivity index (χ3v) is 4.16. The van der Waals surface area contributed by atoms with Gasteiger partial charge in [-0.25, -0.2) is 14.2 Å².